The molecule has 1 aliphatic carbocycles. The number of urea groups is 1. The maximum absolute atomic E-state index is 13.1. The van der Waals surface area contributed by atoms with Crippen molar-refractivity contribution >= 4 is 11.9 Å². The number of nitriles is 1. The fourth-order valence-electron chi connectivity index (χ4n) is 4.27. The zero-order chi connectivity index (χ0) is 18.9. The highest BCUT2D eigenvalue weighted by atomic mass is 16.2. The number of hydrogen-bond donors (Lipinski definition) is 1. The van der Waals surface area contributed by atoms with Gasteiger partial charge >= 0.3 is 6.03 Å². The summed E-state index contributed by atoms with van der Waals surface area (Å²) < 4.78 is 0. The summed E-state index contributed by atoms with van der Waals surface area (Å²) in [6, 6.07) is 19.2. The molecule has 2 aliphatic rings. The van der Waals surface area contributed by atoms with E-state index in [1.165, 1.54) is 10.5 Å². The molecule has 2 aromatic rings. The zero-order valence-electron chi connectivity index (χ0n) is 15.0. The van der Waals surface area contributed by atoms with Crippen LogP contribution in [0.3, 0.4) is 0 Å². The fourth-order valence-corrected chi connectivity index (χ4v) is 4.27. The van der Waals surface area contributed by atoms with Gasteiger partial charge in [0.1, 0.15) is 5.54 Å². The van der Waals surface area contributed by atoms with Gasteiger partial charge in [0, 0.05) is 0 Å². The first-order valence-corrected chi connectivity index (χ1v) is 9.30. The van der Waals surface area contributed by atoms with Gasteiger partial charge in [0.2, 0.25) is 0 Å². The van der Waals surface area contributed by atoms with Crippen LogP contribution in [0, 0.1) is 11.3 Å². The molecule has 3 amide bonds. The lowest BCUT2D eigenvalue weighted by molar-refractivity contribution is -0.132. The SMILES string of the molecule is N#Cc1ccccc1CN1C(=O)NC2(CCC(c3ccccc3)CC2)C1=O. The molecule has 1 aliphatic heterocycles. The molecule has 0 aromatic heterocycles. The Hall–Kier alpha value is -3.13. The zero-order valence-corrected chi connectivity index (χ0v) is 15.0. The Labute approximate surface area is 158 Å². The first-order valence-electron chi connectivity index (χ1n) is 9.30. The molecular weight excluding hydrogens is 338 g/mol. The molecule has 0 atom stereocenters. The second kappa shape index (κ2) is 6.88. The van der Waals surface area contributed by atoms with Crippen LogP contribution in [0.5, 0.6) is 0 Å². The molecule has 2 aromatic carbocycles. The molecule has 4 rings (SSSR count). The van der Waals surface area contributed by atoms with Gasteiger partial charge in [-0.15, -0.1) is 0 Å². The Morgan fingerprint density at radius 2 is 1.70 bits per heavy atom. The molecule has 1 heterocycles. The van der Waals surface area contributed by atoms with Crippen molar-refractivity contribution in [3.05, 3.63) is 71.3 Å². The molecule has 27 heavy (non-hydrogen) atoms. The van der Waals surface area contributed by atoms with Crippen LogP contribution in [0.4, 0.5) is 4.79 Å². The molecule has 5 nitrogen and oxygen atoms in total. The largest absolute Gasteiger partial charge is 0.325 e. The summed E-state index contributed by atoms with van der Waals surface area (Å²) in [4.78, 5) is 26.9. The van der Waals surface area contributed by atoms with E-state index in [0.29, 0.717) is 29.9 Å². The Bertz CT molecular complexity index is 909. The van der Waals surface area contributed by atoms with Crippen LogP contribution in [0.1, 0.15) is 48.3 Å². The van der Waals surface area contributed by atoms with E-state index in [9.17, 15) is 14.9 Å². The second-order valence-corrected chi connectivity index (χ2v) is 7.36. The van der Waals surface area contributed by atoms with Crippen LogP contribution in [-0.4, -0.2) is 22.4 Å². The van der Waals surface area contributed by atoms with E-state index in [4.69, 9.17) is 0 Å². The lowest BCUT2D eigenvalue weighted by Gasteiger charge is -2.35. The van der Waals surface area contributed by atoms with Crippen molar-refractivity contribution in [2.45, 2.75) is 43.7 Å². The quantitative estimate of drug-likeness (QED) is 0.849. The number of imide groups is 1. The van der Waals surface area contributed by atoms with Crippen LogP contribution in [0.25, 0.3) is 0 Å². The molecule has 136 valence electrons. The van der Waals surface area contributed by atoms with E-state index in [0.717, 1.165) is 12.8 Å². The number of carbonyl (C=O) groups is 2. The average Bonchev–Trinajstić information content (AvgIpc) is 2.94. The monoisotopic (exact) mass is 359 g/mol. The van der Waals surface area contributed by atoms with Crippen molar-refractivity contribution in [3.63, 3.8) is 0 Å². The molecule has 0 unspecified atom stereocenters. The minimum Gasteiger partial charge on any atom is -0.323 e. The number of rotatable bonds is 3. The predicted octanol–water partition coefficient (Wildman–Crippen LogP) is 3.71. The minimum absolute atomic E-state index is 0.137. The van der Waals surface area contributed by atoms with E-state index in [1.807, 2.05) is 24.3 Å². The normalized spacial score (nSPS) is 24.7. The van der Waals surface area contributed by atoms with E-state index in [-0.39, 0.29) is 18.5 Å². The molecule has 0 radical (unpaired) electrons. The van der Waals surface area contributed by atoms with E-state index >= 15 is 0 Å². The summed E-state index contributed by atoms with van der Waals surface area (Å²) >= 11 is 0. The van der Waals surface area contributed by atoms with Crippen molar-refractivity contribution < 1.29 is 9.59 Å². The number of benzene rings is 2. The molecule has 2 fully saturated rings. The maximum Gasteiger partial charge on any atom is 0.325 e. The Balaban J connectivity index is 1.49. The molecule has 5 heteroatoms. The van der Waals surface area contributed by atoms with Gasteiger partial charge in [-0.05, 0) is 48.8 Å². The van der Waals surface area contributed by atoms with Crippen molar-refractivity contribution in [1.29, 1.82) is 5.26 Å². The van der Waals surface area contributed by atoms with Gasteiger partial charge in [0.05, 0.1) is 18.2 Å². The highest BCUT2D eigenvalue weighted by Gasteiger charge is 2.52. The van der Waals surface area contributed by atoms with Crippen molar-refractivity contribution in [2.24, 2.45) is 0 Å². The van der Waals surface area contributed by atoms with Gasteiger partial charge in [-0.25, -0.2) is 4.79 Å². The summed E-state index contributed by atoms with van der Waals surface area (Å²) in [5.41, 5.74) is 1.69. The molecule has 1 spiro atoms. The van der Waals surface area contributed by atoms with Crippen LogP contribution in [0.2, 0.25) is 0 Å². The van der Waals surface area contributed by atoms with E-state index in [1.54, 1.807) is 18.2 Å². The summed E-state index contributed by atoms with van der Waals surface area (Å²) in [5.74, 6) is 0.265. The topological polar surface area (TPSA) is 73.2 Å². The van der Waals surface area contributed by atoms with Gasteiger partial charge in [0.15, 0.2) is 0 Å². The summed E-state index contributed by atoms with van der Waals surface area (Å²) in [5, 5.41) is 12.2. The van der Waals surface area contributed by atoms with Crippen LogP contribution in [0.15, 0.2) is 54.6 Å². The van der Waals surface area contributed by atoms with Gasteiger partial charge in [-0.2, -0.15) is 5.26 Å². The van der Waals surface area contributed by atoms with Crippen LogP contribution >= 0.6 is 0 Å². The van der Waals surface area contributed by atoms with E-state index in [2.05, 4.69) is 23.5 Å². The molecule has 1 saturated heterocycles. The fraction of sp³-hybridized carbons (Fsp3) is 0.318. The third kappa shape index (κ3) is 3.08. The summed E-state index contributed by atoms with van der Waals surface area (Å²) in [6.07, 6.45) is 3.04. The highest BCUT2D eigenvalue weighted by molar-refractivity contribution is 6.07. The van der Waals surface area contributed by atoms with Crippen LogP contribution in [-0.2, 0) is 11.3 Å². The minimum atomic E-state index is -0.788. The predicted molar refractivity (Wildman–Crippen MR) is 101 cm³/mol. The van der Waals surface area contributed by atoms with Gasteiger partial charge in [-0.1, -0.05) is 48.5 Å². The third-order valence-electron chi connectivity index (χ3n) is 5.82. The standard InChI is InChI=1S/C22H21N3O2/c23-14-18-8-4-5-9-19(18)15-25-20(26)22(24-21(25)27)12-10-17(11-13-22)16-6-2-1-3-7-16/h1-9,17H,10-13,15H2,(H,24,27). The first-order chi connectivity index (χ1) is 13.1. The molecule has 0 bridgehead atoms. The number of amides is 3. The lowest BCUT2D eigenvalue weighted by Crippen LogP contribution is -2.49. The third-order valence-corrected chi connectivity index (χ3v) is 5.82. The van der Waals surface area contributed by atoms with Crippen molar-refractivity contribution in [3.8, 4) is 6.07 Å². The number of hydrogen-bond acceptors (Lipinski definition) is 3. The van der Waals surface area contributed by atoms with Gasteiger partial charge < -0.3 is 5.32 Å². The highest BCUT2D eigenvalue weighted by Crippen LogP contribution is 2.41. The Morgan fingerprint density at radius 3 is 2.41 bits per heavy atom. The van der Waals surface area contributed by atoms with Gasteiger partial charge in [0.25, 0.3) is 5.91 Å². The lowest BCUT2D eigenvalue weighted by atomic mass is 9.74. The average molecular weight is 359 g/mol. The molecule has 1 N–H and O–H groups in total. The summed E-state index contributed by atoms with van der Waals surface area (Å²) in [7, 11) is 0. The van der Waals surface area contributed by atoms with Crippen molar-refractivity contribution in [2.75, 3.05) is 0 Å². The first kappa shape index (κ1) is 17.3. The Kier molecular flexibility index (Phi) is 4.41. The smallest absolute Gasteiger partial charge is 0.323 e. The van der Waals surface area contributed by atoms with E-state index < -0.39 is 5.54 Å². The van der Waals surface area contributed by atoms with Gasteiger partial charge in [-0.3, -0.25) is 9.69 Å². The van der Waals surface area contributed by atoms with Crippen molar-refractivity contribution in [1.82, 2.24) is 10.2 Å². The Morgan fingerprint density at radius 1 is 1.04 bits per heavy atom. The van der Waals surface area contributed by atoms with Crippen LogP contribution < -0.4 is 5.32 Å². The number of carbonyl (C=O) groups excluding carboxylic acids is 2. The number of nitrogens with zero attached hydrogens (tertiary/aromatic N) is 2. The molecule has 1 saturated carbocycles. The maximum atomic E-state index is 13.1. The second-order valence-electron chi connectivity index (χ2n) is 7.36. The summed E-state index contributed by atoms with van der Waals surface area (Å²) in [6.45, 7) is 0.137. The molecular formula is C22H21N3O2. The number of nitrogens with one attached hydrogen (secondary N) is 1.